The van der Waals surface area contributed by atoms with Crippen molar-refractivity contribution in [1.29, 1.82) is 0 Å². The molecule has 5 atom stereocenters. The third-order valence-corrected chi connectivity index (χ3v) is 6.56. The van der Waals surface area contributed by atoms with Gasteiger partial charge in [0, 0.05) is 12.1 Å². The van der Waals surface area contributed by atoms with Crippen LogP contribution in [0.4, 0.5) is 0 Å². The normalized spacial score (nSPS) is 33.2. The molecule has 2 saturated heterocycles. The lowest BCUT2D eigenvalue weighted by Crippen LogP contribution is -2.53. The van der Waals surface area contributed by atoms with E-state index < -0.39 is 19.6 Å². The SMILES string of the molecule is COC(=O)C1C(OP(=O)(O)c2ccccc2)CC2CCC1N2C. The van der Waals surface area contributed by atoms with E-state index in [1.54, 1.807) is 30.3 Å². The largest absolute Gasteiger partial charge is 0.469 e. The monoisotopic (exact) mass is 339 g/mol. The number of nitrogens with zero attached hydrogens (tertiary/aromatic N) is 1. The van der Waals surface area contributed by atoms with Crippen molar-refractivity contribution < 1.29 is 23.5 Å². The maximum Gasteiger partial charge on any atom is 0.359 e. The fourth-order valence-electron chi connectivity index (χ4n) is 3.84. The van der Waals surface area contributed by atoms with Crippen molar-refractivity contribution in [2.75, 3.05) is 14.2 Å². The van der Waals surface area contributed by atoms with E-state index >= 15 is 0 Å². The standard InChI is InChI=1S/C16H22NO5P/c1-17-11-8-9-13(17)15(16(18)21-2)14(10-11)22-23(19,20)12-6-4-3-5-7-12/h3-7,11,13-15H,8-10H2,1-2H3,(H,19,20). The molecule has 2 aliphatic rings. The van der Waals surface area contributed by atoms with Crippen LogP contribution in [0.3, 0.4) is 0 Å². The van der Waals surface area contributed by atoms with E-state index in [0.29, 0.717) is 6.42 Å². The van der Waals surface area contributed by atoms with Gasteiger partial charge in [-0.3, -0.25) is 14.3 Å². The number of benzene rings is 1. The van der Waals surface area contributed by atoms with Gasteiger partial charge in [-0.05, 0) is 38.4 Å². The molecule has 2 bridgehead atoms. The second-order valence-corrected chi connectivity index (χ2v) is 8.02. The number of hydrogen-bond donors (Lipinski definition) is 1. The van der Waals surface area contributed by atoms with Crippen LogP contribution in [0, 0.1) is 5.92 Å². The molecule has 3 rings (SSSR count). The van der Waals surface area contributed by atoms with Gasteiger partial charge in [0.15, 0.2) is 0 Å². The molecule has 6 nitrogen and oxygen atoms in total. The zero-order valence-electron chi connectivity index (χ0n) is 13.3. The van der Waals surface area contributed by atoms with Gasteiger partial charge in [0.05, 0.1) is 24.4 Å². The number of esters is 1. The highest BCUT2D eigenvalue weighted by molar-refractivity contribution is 7.61. The molecule has 2 aliphatic heterocycles. The second kappa shape index (κ2) is 6.36. The Morgan fingerprint density at radius 1 is 1.30 bits per heavy atom. The Morgan fingerprint density at radius 2 is 2.00 bits per heavy atom. The Hall–Kier alpha value is -1.20. The van der Waals surface area contributed by atoms with Crippen LogP contribution in [0.5, 0.6) is 0 Å². The van der Waals surface area contributed by atoms with Crippen molar-refractivity contribution in [2.24, 2.45) is 5.92 Å². The Bertz CT molecular complexity index is 622. The molecule has 126 valence electrons. The van der Waals surface area contributed by atoms with Gasteiger partial charge < -0.3 is 14.2 Å². The van der Waals surface area contributed by atoms with E-state index in [-0.39, 0.29) is 23.4 Å². The number of rotatable bonds is 4. The van der Waals surface area contributed by atoms with E-state index in [2.05, 4.69) is 4.90 Å². The summed E-state index contributed by atoms with van der Waals surface area (Å²) in [6.07, 6.45) is 1.80. The molecule has 5 unspecified atom stereocenters. The summed E-state index contributed by atoms with van der Waals surface area (Å²) in [5.74, 6) is -0.909. The van der Waals surface area contributed by atoms with Gasteiger partial charge in [0.25, 0.3) is 0 Å². The summed E-state index contributed by atoms with van der Waals surface area (Å²) >= 11 is 0. The van der Waals surface area contributed by atoms with Crippen molar-refractivity contribution in [3.05, 3.63) is 30.3 Å². The van der Waals surface area contributed by atoms with Crippen LogP contribution in [0.25, 0.3) is 0 Å². The molecule has 0 aromatic heterocycles. The van der Waals surface area contributed by atoms with Gasteiger partial charge in [-0.25, -0.2) is 0 Å². The third kappa shape index (κ3) is 3.09. The number of methoxy groups -OCH3 is 1. The van der Waals surface area contributed by atoms with Crippen LogP contribution < -0.4 is 5.30 Å². The van der Waals surface area contributed by atoms with Crippen LogP contribution in [0.15, 0.2) is 30.3 Å². The average molecular weight is 339 g/mol. The highest BCUT2D eigenvalue weighted by Crippen LogP contribution is 2.48. The molecular formula is C16H22NO5P. The predicted octanol–water partition coefficient (Wildman–Crippen LogP) is 1.54. The second-order valence-electron chi connectivity index (χ2n) is 6.25. The minimum Gasteiger partial charge on any atom is -0.469 e. The average Bonchev–Trinajstić information content (AvgIpc) is 2.79. The van der Waals surface area contributed by atoms with Crippen LogP contribution in [-0.4, -0.2) is 48.1 Å². The molecule has 0 amide bonds. The Morgan fingerprint density at radius 3 is 2.65 bits per heavy atom. The van der Waals surface area contributed by atoms with E-state index in [4.69, 9.17) is 9.26 Å². The van der Waals surface area contributed by atoms with E-state index in [1.807, 2.05) is 7.05 Å². The Balaban J connectivity index is 1.86. The highest BCUT2D eigenvalue weighted by atomic mass is 31.2. The Kier molecular flexibility index (Phi) is 4.61. The van der Waals surface area contributed by atoms with Gasteiger partial charge in [0.1, 0.15) is 0 Å². The van der Waals surface area contributed by atoms with Crippen LogP contribution >= 0.6 is 7.60 Å². The molecule has 0 aliphatic carbocycles. The minimum atomic E-state index is -3.97. The van der Waals surface area contributed by atoms with Crippen LogP contribution in [0.2, 0.25) is 0 Å². The fourth-order valence-corrected chi connectivity index (χ4v) is 5.09. The summed E-state index contributed by atoms with van der Waals surface area (Å²) in [5.41, 5.74) is 0. The highest BCUT2D eigenvalue weighted by Gasteiger charge is 2.51. The smallest absolute Gasteiger partial charge is 0.359 e. The lowest BCUT2D eigenvalue weighted by molar-refractivity contribution is -0.154. The van der Waals surface area contributed by atoms with Crippen molar-refractivity contribution >= 4 is 18.9 Å². The van der Waals surface area contributed by atoms with Gasteiger partial charge in [-0.1, -0.05) is 18.2 Å². The predicted molar refractivity (Wildman–Crippen MR) is 85.5 cm³/mol. The number of carbonyl (C=O) groups excluding carboxylic acids is 1. The van der Waals surface area contributed by atoms with E-state index in [1.165, 1.54) is 7.11 Å². The maximum absolute atomic E-state index is 12.6. The first-order chi connectivity index (χ1) is 10.9. The summed E-state index contributed by atoms with van der Waals surface area (Å²) < 4.78 is 23.2. The van der Waals surface area contributed by atoms with Crippen molar-refractivity contribution in [2.45, 2.75) is 37.5 Å². The first-order valence-electron chi connectivity index (χ1n) is 7.80. The molecule has 2 heterocycles. The number of ether oxygens (including phenoxy) is 1. The molecule has 1 N–H and O–H groups in total. The lowest BCUT2D eigenvalue weighted by atomic mass is 9.88. The number of fused-ring (bicyclic) bond motifs is 2. The van der Waals surface area contributed by atoms with Gasteiger partial charge in [0.2, 0.25) is 0 Å². The number of hydrogen-bond acceptors (Lipinski definition) is 5. The van der Waals surface area contributed by atoms with Crippen molar-refractivity contribution in [3.63, 3.8) is 0 Å². The molecule has 1 aromatic rings. The number of carbonyl (C=O) groups is 1. The van der Waals surface area contributed by atoms with Gasteiger partial charge in [-0.15, -0.1) is 0 Å². The van der Waals surface area contributed by atoms with Gasteiger partial charge in [-0.2, -0.15) is 0 Å². The summed E-state index contributed by atoms with van der Waals surface area (Å²) in [7, 11) is -0.638. The van der Waals surface area contributed by atoms with E-state index in [0.717, 1.165) is 12.8 Å². The zero-order chi connectivity index (χ0) is 16.6. The van der Waals surface area contributed by atoms with Crippen LogP contribution in [0.1, 0.15) is 19.3 Å². The molecule has 7 heteroatoms. The minimum absolute atomic E-state index is 0.00183. The third-order valence-electron chi connectivity index (χ3n) is 5.05. The van der Waals surface area contributed by atoms with E-state index in [9.17, 15) is 14.3 Å². The summed E-state index contributed by atoms with van der Waals surface area (Å²) in [5, 5.41) is 0.245. The molecule has 23 heavy (non-hydrogen) atoms. The lowest BCUT2D eigenvalue weighted by Gasteiger charge is -2.41. The molecule has 0 radical (unpaired) electrons. The Labute approximate surface area is 135 Å². The summed E-state index contributed by atoms with van der Waals surface area (Å²) in [6.45, 7) is 0. The number of piperidine rings is 1. The van der Waals surface area contributed by atoms with Crippen molar-refractivity contribution in [1.82, 2.24) is 4.90 Å². The topological polar surface area (TPSA) is 76.1 Å². The van der Waals surface area contributed by atoms with Gasteiger partial charge >= 0.3 is 13.6 Å². The maximum atomic E-state index is 12.6. The zero-order valence-corrected chi connectivity index (χ0v) is 14.2. The fraction of sp³-hybridized carbons (Fsp3) is 0.562. The molecule has 0 saturated carbocycles. The first-order valence-corrected chi connectivity index (χ1v) is 9.38. The quantitative estimate of drug-likeness (QED) is 0.662. The molecule has 1 aromatic carbocycles. The molecule has 0 spiro atoms. The summed E-state index contributed by atoms with van der Waals surface area (Å²) in [6, 6.07) is 8.57. The first kappa shape index (κ1) is 16.7. The van der Waals surface area contributed by atoms with Crippen molar-refractivity contribution in [3.8, 4) is 0 Å². The molecule has 2 fully saturated rings. The molecular weight excluding hydrogens is 317 g/mol. The van der Waals surface area contributed by atoms with Crippen LogP contribution in [-0.2, 0) is 18.6 Å². The summed E-state index contributed by atoms with van der Waals surface area (Å²) in [4.78, 5) is 24.7.